The van der Waals surface area contributed by atoms with Gasteiger partial charge in [-0.05, 0) is 41.7 Å². The number of carbonyl (C=O) groups is 1. The van der Waals surface area contributed by atoms with E-state index in [0.29, 0.717) is 0 Å². The number of likely N-dealkylation sites (tertiary alicyclic amines) is 1. The maximum absolute atomic E-state index is 13.0. The molecule has 7 heteroatoms. The molecule has 0 saturated carbocycles. The third-order valence-corrected chi connectivity index (χ3v) is 5.74. The maximum atomic E-state index is 13.0. The molecule has 138 valence electrons. The predicted molar refractivity (Wildman–Crippen MR) is 98.9 cm³/mol. The smallest absolute Gasteiger partial charge is 0.240 e. The molecule has 1 amide bonds. The third kappa shape index (κ3) is 2.70. The van der Waals surface area contributed by atoms with Gasteiger partial charge >= 0.3 is 0 Å². The van der Waals surface area contributed by atoms with Crippen molar-refractivity contribution in [3.8, 4) is 11.1 Å². The number of carbonyl (C=O) groups excluding carboxylic acids is 1. The number of fused-ring (bicyclic) bond motifs is 2. The monoisotopic (exact) mass is 365 g/mol. The summed E-state index contributed by atoms with van der Waals surface area (Å²) in [6.45, 7) is 0.353. The number of hydrogen-bond acceptors (Lipinski definition) is 4. The Morgan fingerprint density at radius 1 is 1.22 bits per heavy atom. The molecule has 0 unspecified atom stereocenters. The van der Waals surface area contributed by atoms with Crippen molar-refractivity contribution in [1.82, 2.24) is 19.5 Å². The minimum atomic E-state index is -0.901. The van der Waals surface area contributed by atoms with Crippen LogP contribution in [-0.2, 0) is 11.2 Å². The Kier molecular flexibility index (Phi) is 3.72. The predicted octanol–water partition coefficient (Wildman–Crippen LogP) is 1.93. The van der Waals surface area contributed by atoms with Crippen molar-refractivity contribution in [1.29, 1.82) is 0 Å². The highest BCUT2D eigenvalue weighted by Gasteiger charge is 2.38. The first kappa shape index (κ1) is 16.4. The molecule has 0 spiro atoms. The van der Waals surface area contributed by atoms with Crippen LogP contribution in [0.2, 0.25) is 0 Å². The maximum Gasteiger partial charge on any atom is 0.240 e. The van der Waals surface area contributed by atoms with Gasteiger partial charge in [-0.3, -0.25) is 4.79 Å². The fourth-order valence-corrected chi connectivity index (χ4v) is 4.18. The van der Waals surface area contributed by atoms with E-state index in [1.807, 2.05) is 18.3 Å². The minimum Gasteiger partial charge on any atom is -0.335 e. The topological polar surface area (TPSA) is 76.5 Å². The van der Waals surface area contributed by atoms with Crippen LogP contribution in [0.25, 0.3) is 16.8 Å². The number of pyridine rings is 1. The Hall–Kier alpha value is -2.80. The van der Waals surface area contributed by atoms with Gasteiger partial charge in [-0.1, -0.05) is 18.2 Å². The molecular formula is C20H20FN5O. The molecule has 6 nitrogen and oxygen atoms in total. The largest absolute Gasteiger partial charge is 0.335 e. The Morgan fingerprint density at radius 3 is 2.85 bits per heavy atom. The normalized spacial score (nSPS) is 20.5. The fraction of sp³-hybridized carbons (Fsp3) is 0.350. The van der Waals surface area contributed by atoms with Crippen molar-refractivity contribution in [2.45, 2.75) is 31.0 Å². The summed E-state index contributed by atoms with van der Waals surface area (Å²) >= 11 is 0. The second-order valence-electron chi connectivity index (χ2n) is 7.41. The molecule has 1 aromatic carbocycles. The number of aryl methyl sites for hydroxylation is 1. The van der Waals surface area contributed by atoms with Gasteiger partial charge in [0.25, 0.3) is 0 Å². The molecule has 0 bridgehead atoms. The Bertz CT molecular complexity index is 1030. The summed E-state index contributed by atoms with van der Waals surface area (Å²) in [5.41, 5.74) is 11.6. The van der Waals surface area contributed by atoms with E-state index in [4.69, 9.17) is 5.73 Å². The molecule has 3 aromatic rings. The SMILES string of the molecule is N[C@H](C(=O)N1CC(F)C1)[C@H]1CCc2cc(-c3ccc4ncnn4c3)ccc21. The van der Waals surface area contributed by atoms with Crippen molar-refractivity contribution < 1.29 is 9.18 Å². The first-order valence-electron chi connectivity index (χ1n) is 9.21. The lowest BCUT2D eigenvalue weighted by molar-refractivity contribution is -0.140. The number of nitrogens with two attached hydrogens (primary N) is 1. The molecule has 2 aromatic heterocycles. The summed E-state index contributed by atoms with van der Waals surface area (Å²) < 4.78 is 14.8. The molecule has 1 aliphatic heterocycles. The van der Waals surface area contributed by atoms with E-state index in [1.165, 1.54) is 16.8 Å². The fourth-order valence-electron chi connectivity index (χ4n) is 4.18. The van der Waals surface area contributed by atoms with E-state index in [1.54, 1.807) is 4.52 Å². The lowest BCUT2D eigenvalue weighted by Gasteiger charge is -2.37. The van der Waals surface area contributed by atoms with Crippen LogP contribution in [0.3, 0.4) is 0 Å². The summed E-state index contributed by atoms with van der Waals surface area (Å²) in [6.07, 6.45) is 4.34. The number of nitrogens with zero attached hydrogens (tertiary/aromatic N) is 4. The van der Waals surface area contributed by atoms with Crippen LogP contribution in [0.5, 0.6) is 0 Å². The first-order chi connectivity index (χ1) is 13.1. The van der Waals surface area contributed by atoms with Crippen LogP contribution >= 0.6 is 0 Å². The van der Waals surface area contributed by atoms with Crippen LogP contribution in [-0.4, -0.2) is 50.7 Å². The van der Waals surface area contributed by atoms with E-state index in [2.05, 4.69) is 28.3 Å². The molecule has 0 radical (unpaired) electrons. The summed E-state index contributed by atoms with van der Waals surface area (Å²) in [4.78, 5) is 18.2. The molecule has 27 heavy (non-hydrogen) atoms. The number of rotatable bonds is 3. The molecule has 2 N–H and O–H groups in total. The number of halogens is 1. The van der Waals surface area contributed by atoms with Gasteiger partial charge in [0.15, 0.2) is 5.65 Å². The van der Waals surface area contributed by atoms with Gasteiger partial charge in [-0.2, -0.15) is 5.10 Å². The van der Waals surface area contributed by atoms with Gasteiger partial charge in [0.2, 0.25) is 5.91 Å². The highest BCUT2D eigenvalue weighted by molar-refractivity contribution is 5.84. The van der Waals surface area contributed by atoms with Crippen molar-refractivity contribution in [3.63, 3.8) is 0 Å². The Morgan fingerprint density at radius 2 is 2.04 bits per heavy atom. The summed E-state index contributed by atoms with van der Waals surface area (Å²) in [5, 5.41) is 4.19. The summed E-state index contributed by atoms with van der Waals surface area (Å²) in [6, 6.07) is 9.69. The lowest BCUT2D eigenvalue weighted by Crippen LogP contribution is -2.57. The van der Waals surface area contributed by atoms with Crippen LogP contribution in [0.15, 0.2) is 42.9 Å². The third-order valence-electron chi connectivity index (χ3n) is 5.74. The van der Waals surface area contributed by atoms with E-state index in [0.717, 1.165) is 35.2 Å². The van der Waals surface area contributed by atoms with E-state index in [-0.39, 0.29) is 24.9 Å². The van der Waals surface area contributed by atoms with Gasteiger partial charge in [-0.25, -0.2) is 13.9 Å². The second kappa shape index (κ2) is 6.13. The van der Waals surface area contributed by atoms with Crippen molar-refractivity contribution in [3.05, 3.63) is 54.0 Å². The van der Waals surface area contributed by atoms with Crippen LogP contribution < -0.4 is 5.73 Å². The number of benzene rings is 1. The molecule has 2 atom stereocenters. The van der Waals surface area contributed by atoms with Crippen molar-refractivity contribution in [2.75, 3.05) is 13.1 Å². The molecule has 3 heterocycles. The zero-order valence-electron chi connectivity index (χ0n) is 14.8. The molecule has 2 aliphatic rings. The zero-order chi connectivity index (χ0) is 18.5. The standard InChI is InChI=1S/C20H20FN5O/c21-15-9-25(10-15)20(27)19(22)17-5-2-13-7-12(1-4-16(13)17)14-3-6-18-23-11-24-26(18)8-14/h1,3-4,6-8,11,15,17,19H,2,5,9-10,22H2/t17-,19-/m0/s1. The summed E-state index contributed by atoms with van der Waals surface area (Å²) in [7, 11) is 0. The number of alkyl halides is 1. The quantitative estimate of drug-likeness (QED) is 0.770. The van der Waals surface area contributed by atoms with Crippen LogP contribution in [0.4, 0.5) is 4.39 Å². The molecule has 5 rings (SSSR count). The first-order valence-corrected chi connectivity index (χ1v) is 9.21. The second-order valence-corrected chi connectivity index (χ2v) is 7.41. The van der Waals surface area contributed by atoms with Gasteiger partial charge in [0.05, 0.1) is 19.1 Å². The van der Waals surface area contributed by atoms with E-state index < -0.39 is 12.2 Å². The average molecular weight is 365 g/mol. The number of hydrogen-bond donors (Lipinski definition) is 1. The van der Waals surface area contributed by atoms with Crippen LogP contribution in [0.1, 0.15) is 23.5 Å². The number of aromatic nitrogens is 3. The molecule has 1 aliphatic carbocycles. The lowest BCUT2D eigenvalue weighted by atomic mass is 9.91. The van der Waals surface area contributed by atoms with Crippen molar-refractivity contribution in [2.24, 2.45) is 5.73 Å². The molecular weight excluding hydrogens is 345 g/mol. The summed E-state index contributed by atoms with van der Waals surface area (Å²) in [5.74, 6) is -0.138. The average Bonchev–Trinajstić information content (AvgIpc) is 3.29. The minimum absolute atomic E-state index is 0.00185. The molecule has 1 fully saturated rings. The van der Waals surface area contributed by atoms with E-state index >= 15 is 0 Å². The highest BCUT2D eigenvalue weighted by Crippen LogP contribution is 2.38. The van der Waals surface area contributed by atoms with Gasteiger partial charge < -0.3 is 10.6 Å². The highest BCUT2D eigenvalue weighted by atomic mass is 19.1. The van der Waals surface area contributed by atoms with Crippen LogP contribution in [0, 0.1) is 0 Å². The Labute approximate surface area is 155 Å². The molecule has 1 saturated heterocycles. The zero-order valence-corrected chi connectivity index (χ0v) is 14.8. The van der Waals surface area contributed by atoms with Gasteiger partial charge in [0.1, 0.15) is 12.5 Å². The number of amides is 1. The van der Waals surface area contributed by atoms with Crippen molar-refractivity contribution >= 4 is 11.6 Å². The van der Waals surface area contributed by atoms with Gasteiger partial charge in [0, 0.05) is 17.7 Å². The van der Waals surface area contributed by atoms with E-state index in [9.17, 15) is 9.18 Å². The van der Waals surface area contributed by atoms with Gasteiger partial charge in [-0.15, -0.1) is 0 Å². The Balaban J connectivity index is 1.40.